The second-order valence-corrected chi connectivity index (χ2v) is 6.07. The number of aromatic nitrogens is 2. The fourth-order valence-electron chi connectivity index (χ4n) is 3.12. The fraction of sp³-hybridized carbons (Fsp3) is 0.222. The molecule has 0 radical (unpaired) electrons. The van der Waals surface area contributed by atoms with Gasteiger partial charge in [-0.25, -0.2) is 4.39 Å². The Hall–Kier alpha value is -2.24. The number of morpholine rings is 1. The summed E-state index contributed by atoms with van der Waals surface area (Å²) in [6, 6.07) is 8.61. The third-order valence-corrected chi connectivity index (χ3v) is 4.58. The molecular formula is C18H15ClFN3O. The van der Waals surface area contributed by atoms with Crippen molar-refractivity contribution in [3.8, 4) is 0 Å². The number of hydrogen-bond acceptors (Lipinski definition) is 4. The smallest absolute Gasteiger partial charge is 0.130 e. The van der Waals surface area contributed by atoms with E-state index >= 15 is 0 Å². The number of hydrogen-bond donors (Lipinski definition) is 0. The highest BCUT2D eigenvalue weighted by atomic mass is 35.5. The molecule has 0 bridgehead atoms. The lowest BCUT2D eigenvalue weighted by molar-refractivity contribution is 0.0377. The molecule has 3 heterocycles. The van der Waals surface area contributed by atoms with Gasteiger partial charge in [-0.3, -0.25) is 9.97 Å². The largest absolute Gasteiger partial charge is 0.370 e. The van der Waals surface area contributed by atoms with Crippen molar-refractivity contribution in [2.45, 2.75) is 6.10 Å². The first-order valence-electron chi connectivity index (χ1n) is 7.73. The first kappa shape index (κ1) is 15.3. The molecule has 1 fully saturated rings. The molecule has 122 valence electrons. The van der Waals surface area contributed by atoms with Gasteiger partial charge in [0.15, 0.2) is 0 Å². The highest BCUT2D eigenvalue weighted by molar-refractivity contribution is 6.31. The summed E-state index contributed by atoms with van der Waals surface area (Å²) in [5.74, 6) is -0.335. The molecule has 1 unspecified atom stereocenters. The van der Waals surface area contributed by atoms with E-state index in [4.69, 9.17) is 16.3 Å². The predicted molar refractivity (Wildman–Crippen MR) is 91.9 cm³/mol. The van der Waals surface area contributed by atoms with E-state index < -0.39 is 6.10 Å². The SMILES string of the molecule is Fc1cccc(Cl)c1C1CN(c2ccnc3cnccc23)CCO1. The minimum absolute atomic E-state index is 0.335. The molecule has 6 heteroatoms. The molecule has 4 nitrogen and oxygen atoms in total. The molecule has 0 amide bonds. The summed E-state index contributed by atoms with van der Waals surface area (Å²) in [6.45, 7) is 1.76. The van der Waals surface area contributed by atoms with E-state index in [1.54, 1.807) is 30.7 Å². The van der Waals surface area contributed by atoms with E-state index in [1.807, 2.05) is 12.1 Å². The average Bonchev–Trinajstić information content (AvgIpc) is 2.61. The van der Waals surface area contributed by atoms with Crippen molar-refractivity contribution in [1.29, 1.82) is 0 Å². The maximum Gasteiger partial charge on any atom is 0.130 e. The van der Waals surface area contributed by atoms with Gasteiger partial charge in [0.1, 0.15) is 11.9 Å². The molecule has 1 aliphatic heterocycles. The number of nitrogens with zero attached hydrogens (tertiary/aromatic N) is 3. The molecular weight excluding hydrogens is 329 g/mol. The summed E-state index contributed by atoms with van der Waals surface area (Å²) in [5.41, 5.74) is 2.30. The van der Waals surface area contributed by atoms with Crippen molar-refractivity contribution in [1.82, 2.24) is 9.97 Å². The number of pyridine rings is 2. The van der Waals surface area contributed by atoms with Gasteiger partial charge in [-0.2, -0.15) is 0 Å². The topological polar surface area (TPSA) is 38.2 Å². The molecule has 1 aromatic carbocycles. The van der Waals surface area contributed by atoms with Crippen molar-refractivity contribution < 1.29 is 9.13 Å². The first-order valence-corrected chi connectivity index (χ1v) is 8.11. The van der Waals surface area contributed by atoms with Gasteiger partial charge < -0.3 is 9.64 Å². The summed E-state index contributed by atoms with van der Waals surface area (Å²) in [5, 5.41) is 1.42. The standard InChI is InChI=1S/C18H15ClFN3O/c19-13-2-1-3-14(20)18(13)17-11-23(8-9-24-17)16-5-7-22-15-10-21-6-4-12(15)16/h1-7,10,17H,8-9,11H2. The molecule has 3 aromatic rings. The quantitative estimate of drug-likeness (QED) is 0.705. The lowest BCUT2D eigenvalue weighted by Gasteiger charge is -2.35. The van der Waals surface area contributed by atoms with Crippen LogP contribution in [0.2, 0.25) is 5.02 Å². The minimum Gasteiger partial charge on any atom is -0.370 e. The van der Waals surface area contributed by atoms with Crippen molar-refractivity contribution in [3.05, 3.63) is 65.3 Å². The van der Waals surface area contributed by atoms with Gasteiger partial charge in [0.05, 0.1) is 18.3 Å². The Morgan fingerprint density at radius 1 is 1.21 bits per heavy atom. The predicted octanol–water partition coefficient (Wildman–Crippen LogP) is 4.00. The van der Waals surface area contributed by atoms with E-state index in [-0.39, 0.29) is 5.82 Å². The number of benzene rings is 1. The maximum absolute atomic E-state index is 14.2. The third kappa shape index (κ3) is 2.70. The summed E-state index contributed by atoms with van der Waals surface area (Å²) in [7, 11) is 0. The molecule has 24 heavy (non-hydrogen) atoms. The van der Waals surface area contributed by atoms with Crippen LogP contribution in [0.5, 0.6) is 0 Å². The van der Waals surface area contributed by atoms with Crippen LogP contribution >= 0.6 is 11.6 Å². The van der Waals surface area contributed by atoms with Crippen LogP contribution < -0.4 is 4.90 Å². The third-order valence-electron chi connectivity index (χ3n) is 4.25. The molecule has 2 aromatic heterocycles. The lowest BCUT2D eigenvalue weighted by atomic mass is 10.1. The van der Waals surface area contributed by atoms with Gasteiger partial charge in [-0.1, -0.05) is 17.7 Å². The Balaban J connectivity index is 1.70. The van der Waals surface area contributed by atoms with Gasteiger partial charge in [0, 0.05) is 47.1 Å². The number of halogens is 2. The molecule has 0 saturated carbocycles. The van der Waals surface area contributed by atoms with Crippen LogP contribution in [0.1, 0.15) is 11.7 Å². The first-order chi connectivity index (χ1) is 11.7. The Bertz CT molecular complexity index is 864. The van der Waals surface area contributed by atoms with Crippen molar-refractivity contribution in [3.63, 3.8) is 0 Å². The van der Waals surface area contributed by atoms with E-state index in [0.717, 1.165) is 23.1 Å². The maximum atomic E-state index is 14.2. The molecule has 1 saturated heterocycles. The average molecular weight is 344 g/mol. The van der Waals surface area contributed by atoms with Crippen LogP contribution in [0.4, 0.5) is 10.1 Å². The second kappa shape index (κ2) is 6.34. The monoisotopic (exact) mass is 343 g/mol. The molecule has 0 aliphatic carbocycles. The fourth-order valence-corrected chi connectivity index (χ4v) is 3.41. The zero-order chi connectivity index (χ0) is 16.5. The Morgan fingerprint density at radius 3 is 3.00 bits per heavy atom. The van der Waals surface area contributed by atoms with Crippen LogP contribution in [0, 0.1) is 5.82 Å². The highest BCUT2D eigenvalue weighted by Crippen LogP contribution is 2.34. The minimum atomic E-state index is -0.405. The Morgan fingerprint density at radius 2 is 2.12 bits per heavy atom. The number of rotatable bonds is 2. The summed E-state index contributed by atoms with van der Waals surface area (Å²) >= 11 is 6.19. The van der Waals surface area contributed by atoms with Gasteiger partial charge in [-0.05, 0) is 24.3 Å². The van der Waals surface area contributed by atoms with Gasteiger partial charge in [0.25, 0.3) is 0 Å². The van der Waals surface area contributed by atoms with Crippen LogP contribution in [0.25, 0.3) is 10.9 Å². The Labute approximate surface area is 143 Å². The van der Waals surface area contributed by atoms with Crippen molar-refractivity contribution >= 4 is 28.2 Å². The van der Waals surface area contributed by atoms with E-state index in [2.05, 4.69) is 14.9 Å². The Kier molecular flexibility index (Phi) is 4.04. The van der Waals surface area contributed by atoms with Gasteiger partial charge in [0.2, 0.25) is 0 Å². The zero-order valence-electron chi connectivity index (χ0n) is 12.8. The normalized spacial score (nSPS) is 18.1. The van der Waals surface area contributed by atoms with Crippen molar-refractivity contribution in [2.75, 3.05) is 24.6 Å². The molecule has 0 N–H and O–H groups in total. The van der Waals surface area contributed by atoms with E-state index in [9.17, 15) is 4.39 Å². The zero-order valence-corrected chi connectivity index (χ0v) is 13.6. The lowest BCUT2D eigenvalue weighted by Crippen LogP contribution is -2.38. The number of fused-ring (bicyclic) bond motifs is 1. The van der Waals surface area contributed by atoms with Gasteiger partial charge >= 0.3 is 0 Å². The molecule has 4 rings (SSSR count). The van der Waals surface area contributed by atoms with Crippen LogP contribution in [-0.2, 0) is 4.74 Å². The highest BCUT2D eigenvalue weighted by Gasteiger charge is 2.27. The van der Waals surface area contributed by atoms with Crippen LogP contribution in [0.3, 0.4) is 0 Å². The summed E-state index contributed by atoms with van der Waals surface area (Å²) in [6.07, 6.45) is 4.85. The number of ether oxygens (including phenoxy) is 1. The number of anilines is 1. The summed E-state index contributed by atoms with van der Waals surface area (Å²) in [4.78, 5) is 10.6. The van der Waals surface area contributed by atoms with Crippen LogP contribution in [0.15, 0.2) is 48.9 Å². The van der Waals surface area contributed by atoms with Crippen LogP contribution in [-0.4, -0.2) is 29.7 Å². The summed E-state index contributed by atoms with van der Waals surface area (Å²) < 4.78 is 20.0. The molecule has 1 aliphatic rings. The van der Waals surface area contributed by atoms with Gasteiger partial charge in [-0.15, -0.1) is 0 Å². The molecule has 0 spiro atoms. The van der Waals surface area contributed by atoms with E-state index in [1.165, 1.54) is 6.07 Å². The van der Waals surface area contributed by atoms with Crippen molar-refractivity contribution in [2.24, 2.45) is 0 Å². The van der Waals surface area contributed by atoms with E-state index in [0.29, 0.717) is 23.7 Å². The second-order valence-electron chi connectivity index (χ2n) is 5.66. The molecule has 1 atom stereocenters.